The molecule has 0 bridgehead atoms. The Labute approximate surface area is 158 Å². The molecule has 0 saturated carbocycles. The van der Waals surface area contributed by atoms with E-state index in [2.05, 4.69) is 10.2 Å². The third-order valence-corrected chi connectivity index (χ3v) is 4.07. The van der Waals surface area contributed by atoms with Gasteiger partial charge in [-0.2, -0.15) is 0 Å². The molecule has 27 heavy (non-hydrogen) atoms. The molecule has 1 aromatic carbocycles. The van der Waals surface area contributed by atoms with Gasteiger partial charge in [-0.25, -0.2) is 14.0 Å². The van der Waals surface area contributed by atoms with E-state index in [-0.39, 0.29) is 24.0 Å². The molecule has 1 atom stereocenters. The zero-order valence-corrected chi connectivity index (χ0v) is 16.0. The fourth-order valence-electron chi connectivity index (χ4n) is 2.89. The van der Waals surface area contributed by atoms with Crippen LogP contribution in [0.25, 0.3) is 0 Å². The summed E-state index contributed by atoms with van der Waals surface area (Å²) in [5.74, 6) is -1.85. The third-order valence-electron chi connectivity index (χ3n) is 4.07. The SMILES string of the molecule is CC(C)(C)OC(=O)NC1CCCN(CCOc2ccc(C(=O)O)cc2F)C1. The number of alkyl carbamates (subject to hydrolysis) is 1. The lowest BCUT2D eigenvalue weighted by Gasteiger charge is -2.33. The van der Waals surface area contributed by atoms with E-state index in [9.17, 15) is 14.0 Å². The van der Waals surface area contributed by atoms with Crippen LogP contribution in [0.2, 0.25) is 0 Å². The Balaban J connectivity index is 1.77. The highest BCUT2D eigenvalue weighted by atomic mass is 19.1. The van der Waals surface area contributed by atoms with Crippen LogP contribution >= 0.6 is 0 Å². The van der Waals surface area contributed by atoms with E-state index < -0.39 is 23.5 Å². The molecule has 7 nitrogen and oxygen atoms in total. The van der Waals surface area contributed by atoms with Crippen molar-refractivity contribution in [1.82, 2.24) is 10.2 Å². The quantitative estimate of drug-likeness (QED) is 0.787. The molecule has 1 heterocycles. The number of amides is 1. The van der Waals surface area contributed by atoms with Gasteiger partial charge in [-0.05, 0) is 58.4 Å². The molecule has 1 amide bonds. The van der Waals surface area contributed by atoms with Crippen molar-refractivity contribution in [2.75, 3.05) is 26.2 Å². The number of carboxylic acids is 1. The average molecular weight is 382 g/mol. The van der Waals surface area contributed by atoms with Gasteiger partial charge < -0.3 is 19.9 Å². The highest BCUT2D eigenvalue weighted by Crippen LogP contribution is 2.19. The van der Waals surface area contributed by atoms with Gasteiger partial charge in [0.25, 0.3) is 0 Å². The number of halogens is 1. The van der Waals surface area contributed by atoms with Crippen molar-refractivity contribution in [2.24, 2.45) is 0 Å². The highest BCUT2D eigenvalue weighted by molar-refractivity contribution is 5.87. The Bertz CT molecular complexity index is 675. The number of nitrogens with zero attached hydrogens (tertiary/aromatic N) is 1. The zero-order valence-electron chi connectivity index (χ0n) is 16.0. The predicted molar refractivity (Wildman–Crippen MR) is 97.7 cm³/mol. The minimum atomic E-state index is -1.18. The maximum Gasteiger partial charge on any atom is 0.407 e. The molecule has 1 saturated heterocycles. The Morgan fingerprint density at radius 3 is 2.74 bits per heavy atom. The van der Waals surface area contributed by atoms with Crippen molar-refractivity contribution in [3.63, 3.8) is 0 Å². The van der Waals surface area contributed by atoms with Gasteiger partial charge in [0.1, 0.15) is 12.2 Å². The van der Waals surface area contributed by atoms with Crippen LogP contribution in [0.1, 0.15) is 44.0 Å². The summed E-state index contributed by atoms with van der Waals surface area (Å²) in [7, 11) is 0. The van der Waals surface area contributed by atoms with E-state index >= 15 is 0 Å². The maximum atomic E-state index is 13.9. The molecule has 8 heteroatoms. The lowest BCUT2D eigenvalue weighted by atomic mass is 10.1. The van der Waals surface area contributed by atoms with E-state index in [1.165, 1.54) is 12.1 Å². The second kappa shape index (κ2) is 9.03. The van der Waals surface area contributed by atoms with Gasteiger partial charge in [0.15, 0.2) is 11.6 Å². The number of benzene rings is 1. The molecule has 1 unspecified atom stereocenters. The number of hydrogen-bond donors (Lipinski definition) is 2. The standard InChI is InChI=1S/C19H27FN2O5/c1-19(2,3)27-18(25)21-14-5-4-8-22(12-14)9-10-26-16-7-6-13(17(23)24)11-15(16)20/h6-7,11,14H,4-5,8-10,12H2,1-3H3,(H,21,25)(H,23,24). The van der Waals surface area contributed by atoms with E-state index in [0.717, 1.165) is 25.5 Å². The number of likely N-dealkylation sites (tertiary alicyclic amines) is 1. The normalized spacial score (nSPS) is 18.0. The number of aromatic carboxylic acids is 1. The summed E-state index contributed by atoms with van der Waals surface area (Å²) in [4.78, 5) is 24.8. The topological polar surface area (TPSA) is 88.1 Å². The Morgan fingerprint density at radius 1 is 1.37 bits per heavy atom. The zero-order chi connectivity index (χ0) is 20.0. The second-order valence-electron chi connectivity index (χ2n) is 7.58. The van der Waals surface area contributed by atoms with Crippen molar-refractivity contribution >= 4 is 12.1 Å². The number of carbonyl (C=O) groups excluding carboxylic acids is 1. The fraction of sp³-hybridized carbons (Fsp3) is 0.579. The first-order valence-electron chi connectivity index (χ1n) is 9.01. The molecule has 1 aliphatic heterocycles. The van der Waals surface area contributed by atoms with Crippen LogP contribution in [0, 0.1) is 5.82 Å². The van der Waals surface area contributed by atoms with Crippen LogP contribution in [-0.4, -0.2) is 60.0 Å². The fourth-order valence-corrected chi connectivity index (χ4v) is 2.89. The molecule has 1 aliphatic rings. The van der Waals surface area contributed by atoms with Crippen molar-refractivity contribution in [1.29, 1.82) is 0 Å². The summed E-state index contributed by atoms with van der Waals surface area (Å²) >= 11 is 0. The third kappa shape index (κ3) is 7.05. The molecule has 1 aromatic rings. The predicted octanol–water partition coefficient (Wildman–Crippen LogP) is 2.89. The van der Waals surface area contributed by atoms with Gasteiger partial charge in [-0.1, -0.05) is 0 Å². The molecule has 150 valence electrons. The van der Waals surface area contributed by atoms with Crippen LogP contribution in [0.5, 0.6) is 5.75 Å². The smallest absolute Gasteiger partial charge is 0.407 e. The number of hydrogen-bond acceptors (Lipinski definition) is 5. The van der Waals surface area contributed by atoms with Crippen molar-refractivity contribution in [3.8, 4) is 5.75 Å². The first-order valence-corrected chi connectivity index (χ1v) is 9.01. The van der Waals surface area contributed by atoms with E-state index in [1.807, 2.05) is 20.8 Å². The summed E-state index contributed by atoms with van der Waals surface area (Å²) in [6.07, 6.45) is 1.38. The van der Waals surface area contributed by atoms with Gasteiger partial charge >= 0.3 is 12.1 Å². The van der Waals surface area contributed by atoms with Gasteiger partial charge in [0.2, 0.25) is 0 Å². The Morgan fingerprint density at radius 2 is 2.11 bits per heavy atom. The summed E-state index contributed by atoms with van der Waals surface area (Å²) in [5, 5.41) is 11.7. The Kier molecular flexibility index (Phi) is 7.01. The van der Waals surface area contributed by atoms with Crippen molar-refractivity contribution in [2.45, 2.75) is 45.3 Å². The Hall–Kier alpha value is -2.35. The van der Waals surface area contributed by atoms with Crippen LogP contribution in [0.3, 0.4) is 0 Å². The number of carboxylic acid groups (broad SMARTS) is 1. The molecule has 2 N–H and O–H groups in total. The average Bonchev–Trinajstić information content (AvgIpc) is 2.54. The van der Waals surface area contributed by atoms with Crippen LogP contribution in [0.15, 0.2) is 18.2 Å². The molecule has 0 aromatic heterocycles. The number of nitrogens with one attached hydrogen (secondary N) is 1. The minimum Gasteiger partial charge on any atom is -0.489 e. The van der Waals surface area contributed by atoms with E-state index in [4.69, 9.17) is 14.6 Å². The molecular formula is C19H27FN2O5. The first-order chi connectivity index (χ1) is 12.6. The summed E-state index contributed by atoms with van der Waals surface area (Å²) < 4.78 is 24.6. The maximum absolute atomic E-state index is 13.9. The molecular weight excluding hydrogens is 355 g/mol. The number of ether oxygens (including phenoxy) is 2. The lowest BCUT2D eigenvalue weighted by Crippen LogP contribution is -2.49. The van der Waals surface area contributed by atoms with Gasteiger partial charge in [-0.3, -0.25) is 4.90 Å². The van der Waals surface area contributed by atoms with Crippen molar-refractivity contribution < 1.29 is 28.6 Å². The second-order valence-corrected chi connectivity index (χ2v) is 7.58. The number of piperidine rings is 1. The molecule has 1 fully saturated rings. The summed E-state index contributed by atoms with van der Waals surface area (Å²) in [6, 6.07) is 3.57. The van der Waals surface area contributed by atoms with E-state index in [0.29, 0.717) is 13.1 Å². The monoisotopic (exact) mass is 382 g/mol. The van der Waals surface area contributed by atoms with Crippen LogP contribution < -0.4 is 10.1 Å². The summed E-state index contributed by atoms with van der Waals surface area (Å²) in [5.41, 5.74) is -0.654. The van der Waals surface area contributed by atoms with Crippen molar-refractivity contribution in [3.05, 3.63) is 29.6 Å². The van der Waals surface area contributed by atoms with E-state index in [1.54, 1.807) is 0 Å². The molecule has 2 rings (SSSR count). The molecule has 0 aliphatic carbocycles. The minimum absolute atomic E-state index is 0.000172. The van der Waals surface area contributed by atoms with Crippen LogP contribution in [0.4, 0.5) is 9.18 Å². The number of carbonyl (C=O) groups is 2. The molecule has 0 radical (unpaired) electrons. The lowest BCUT2D eigenvalue weighted by molar-refractivity contribution is 0.0468. The number of rotatable bonds is 6. The highest BCUT2D eigenvalue weighted by Gasteiger charge is 2.24. The molecule has 0 spiro atoms. The van der Waals surface area contributed by atoms with Crippen LogP contribution in [-0.2, 0) is 4.74 Å². The van der Waals surface area contributed by atoms with Gasteiger partial charge in [0, 0.05) is 19.1 Å². The van der Waals surface area contributed by atoms with Gasteiger partial charge in [0.05, 0.1) is 5.56 Å². The van der Waals surface area contributed by atoms with Gasteiger partial charge in [-0.15, -0.1) is 0 Å². The first kappa shape index (κ1) is 21.0. The largest absolute Gasteiger partial charge is 0.489 e. The summed E-state index contributed by atoms with van der Waals surface area (Å²) in [6.45, 7) is 7.84.